The lowest BCUT2D eigenvalue weighted by Crippen LogP contribution is -2.53. The summed E-state index contributed by atoms with van der Waals surface area (Å²) in [7, 11) is 2.00. The van der Waals surface area contributed by atoms with Crippen LogP contribution in [0.3, 0.4) is 0 Å². The molecule has 0 aromatic rings. The molecule has 1 fully saturated rings. The Morgan fingerprint density at radius 3 is 2.80 bits per heavy atom. The van der Waals surface area contributed by atoms with Gasteiger partial charge in [0, 0.05) is 19.1 Å². The Balaban J connectivity index is 2.53. The standard InChI is InChI=1S/C7H13N3/c1-6-4-9-5-7(3-8)10(6)2/h6-7,9H,4-5H2,1-2H3. The van der Waals surface area contributed by atoms with Crippen molar-refractivity contribution in [2.24, 2.45) is 0 Å². The summed E-state index contributed by atoms with van der Waals surface area (Å²) in [6.45, 7) is 3.92. The zero-order valence-corrected chi connectivity index (χ0v) is 6.46. The van der Waals surface area contributed by atoms with Crippen molar-refractivity contribution in [2.45, 2.75) is 19.0 Å². The number of nitriles is 1. The van der Waals surface area contributed by atoms with E-state index in [9.17, 15) is 0 Å². The normalized spacial score (nSPS) is 35.3. The van der Waals surface area contributed by atoms with Crippen molar-refractivity contribution in [3.8, 4) is 6.07 Å². The van der Waals surface area contributed by atoms with Gasteiger partial charge in [-0.15, -0.1) is 0 Å². The number of hydrogen-bond donors (Lipinski definition) is 1. The fourth-order valence-electron chi connectivity index (χ4n) is 1.16. The molecule has 0 aromatic carbocycles. The summed E-state index contributed by atoms with van der Waals surface area (Å²) in [4.78, 5) is 2.11. The summed E-state index contributed by atoms with van der Waals surface area (Å²) in [5, 5.41) is 11.8. The van der Waals surface area contributed by atoms with Gasteiger partial charge in [0.1, 0.15) is 6.04 Å². The van der Waals surface area contributed by atoms with Crippen LogP contribution in [0.4, 0.5) is 0 Å². The van der Waals surface area contributed by atoms with Gasteiger partial charge in [-0.05, 0) is 14.0 Å². The van der Waals surface area contributed by atoms with Crippen LogP contribution in [-0.4, -0.2) is 37.1 Å². The Morgan fingerprint density at radius 2 is 2.30 bits per heavy atom. The molecule has 0 saturated carbocycles. The second-order valence-corrected chi connectivity index (χ2v) is 2.82. The smallest absolute Gasteiger partial charge is 0.110 e. The van der Waals surface area contributed by atoms with Gasteiger partial charge in [0.05, 0.1) is 6.07 Å². The highest BCUT2D eigenvalue weighted by Crippen LogP contribution is 2.04. The van der Waals surface area contributed by atoms with Crippen LogP contribution in [0.2, 0.25) is 0 Å². The highest BCUT2D eigenvalue weighted by atomic mass is 15.2. The summed E-state index contributed by atoms with van der Waals surface area (Å²) in [5.74, 6) is 0. The maximum Gasteiger partial charge on any atom is 0.110 e. The molecule has 1 heterocycles. The minimum absolute atomic E-state index is 0.0590. The van der Waals surface area contributed by atoms with E-state index >= 15 is 0 Å². The van der Waals surface area contributed by atoms with Crippen molar-refractivity contribution in [3.63, 3.8) is 0 Å². The number of nitrogens with one attached hydrogen (secondary N) is 1. The molecule has 0 amide bonds. The predicted molar refractivity (Wildman–Crippen MR) is 39.5 cm³/mol. The van der Waals surface area contributed by atoms with Crippen molar-refractivity contribution >= 4 is 0 Å². The average molecular weight is 139 g/mol. The van der Waals surface area contributed by atoms with Gasteiger partial charge in [-0.25, -0.2) is 0 Å². The first-order valence-electron chi connectivity index (χ1n) is 3.58. The molecule has 3 nitrogen and oxygen atoms in total. The molecule has 1 aliphatic rings. The van der Waals surface area contributed by atoms with Gasteiger partial charge < -0.3 is 5.32 Å². The highest BCUT2D eigenvalue weighted by Gasteiger charge is 2.23. The molecule has 0 spiro atoms. The molecule has 1 N–H and O–H groups in total. The number of rotatable bonds is 0. The lowest BCUT2D eigenvalue weighted by Gasteiger charge is -2.34. The molecular formula is C7H13N3. The van der Waals surface area contributed by atoms with E-state index in [1.807, 2.05) is 7.05 Å². The van der Waals surface area contributed by atoms with Crippen molar-refractivity contribution in [1.82, 2.24) is 10.2 Å². The van der Waals surface area contributed by atoms with Gasteiger partial charge in [-0.1, -0.05) is 0 Å². The zero-order valence-electron chi connectivity index (χ0n) is 6.46. The van der Waals surface area contributed by atoms with E-state index < -0.39 is 0 Å². The Kier molecular flexibility index (Phi) is 2.25. The van der Waals surface area contributed by atoms with Crippen LogP contribution in [0.15, 0.2) is 0 Å². The highest BCUT2D eigenvalue weighted by molar-refractivity contribution is 4.97. The maximum atomic E-state index is 8.65. The Hall–Kier alpha value is -0.590. The van der Waals surface area contributed by atoms with Gasteiger partial charge in [0.25, 0.3) is 0 Å². The first kappa shape index (κ1) is 7.52. The molecule has 2 unspecified atom stereocenters. The molecule has 0 aliphatic carbocycles. The molecule has 3 heteroatoms. The van der Waals surface area contributed by atoms with Gasteiger partial charge in [0.2, 0.25) is 0 Å². The molecule has 0 radical (unpaired) electrons. The topological polar surface area (TPSA) is 39.1 Å². The van der Waals surface area contributed by atoms with Gasteiger partial charge in [0.15, 0.2) is 0 Å². The largest absolute Gasteiger partial charge is 0.313 e. The van der Waals surface area contributed by atoms with Gasteiger partial charge in [-0.3, -0.25) is 4.90 Å². The van der Waals surface area contributed by atoms with E-state index in [1.165, 1.54) is 0 Å². The molecule has 56 valence electrons. The quantitative estimate of drug-likeness (QED) is 0.505. The van der Waals surface area contributed by atoms with Crippen LogP contribution < -0.4 is 5.32 Å². The van der Waals surface area contributed by atoms with Gasteiger partial charge >= 0.3 is 0 Å². The molecule has 10 heavy (non-hydrogen) atoms. The summed E-state index contributed by atoms with van der Waals surface area (Å²) in [6.07, 6.45) is 0. The number of nitrogens with zero attached hydrogens (tertiary/aromatic N) is 2. The SMILES string of the molecule is CC1CNCC(C#N)N1C. The third-order valence-electron chi connectivity index (χ3n) is 2.11. The lowest BCUT2D eigenvalue weighted by molar-refractivity contribution is 0.174. The van der Waals surface area contributed by atoms with Crippen LogP contribution in [0, 0.1) is 11.3 Å². The minimum atomic E-state index is 0.0590. The number of likely N-dealkylation sites (N-methyl/N-ethyl adjacent to an activating group) is 1. The Morgan fingerprint density at radius 1 is 1.60 bits per heavy atom. The third-order valence-corrected chi connectivity index (χ3v) is 2.11. The Labute approximate surface area is 61.6 Å². The molecule has 0 bridgehead atoms. The van der Waals surface area contributed by atoms with E-state index in [0.717, 1.165) is 13.1 Å². The maximum absolute atomic E-state index is 8.65. The Bertz CT molecular complexity index is 149. The van der Waals surface area contributed by atoms with Crippen molar-refractivity contribution in [3.05, 3.63) is 0 Å². The second-order valence-electron chi connectivity index (χ2n) is 2.82. The summed E-state index contributed by atoms with van der Waals surface area (Å²) < 4.78 is 0. The molecule has 1 rings (SSSR count). The zero-order chi connectivity index (χ0) is 7.56. The second kappa shape index (κ2) is 3.00. The van der Waals surface area contributed by atoms with E-state index in [1.54, 1.807) is 0 Å². The average Bonchev–Trinajstić information content (AvgIpc) is 1.95. The molecule has 2 atom stereocenters. The summed E-state index contributed by atoms with van der Waals surface area (Å²) in [6, 6.07) is 2.79. The summed E-state index contributed by atoms with van der Waals surface area (Å²) in [5.41, 5.74) is 0. The monoisotopic (exact) mass is 139 g/mol. The molecule has 0 aromatic heterocycles. The minimum Gasteiger partial charge on any atom is -0.313 e. The van der Waals surface area contributed by atoms with Crippen molar-refractivity contribution < 1.29 is 0 Å². The van der Waals surface area contributed by atoms with Crippen LogP contribution in [0.25, 0.3) is 0 Å². The van der Waals surface area contributed by atoms with E-state index in [4.69, 9.17) is 5.26 Å². The summed E-state index contributed by atoms with van der Waals surface area (Å²) >= 11 is 0. The number of hydrogen-bond acceptors (Lipinski definition) is 3. The third kappa shape index (κ3) is 1.28. The van der Waals surface area contributed by atoms with Crippen LogP contribution >= 0.6 is 0 Å². The molecule has 1 saturated heterocycles. The van der Waals surface area contributed by atoms with Crippen molar-refractivity contribution in [1.29, 1.82) is 5.26 Å². The first-order chi connectivity index (χ1) is 4.75. The van der Waals surface area contributed by atoms with E-state index in [-0.39, 0.29) is 6.04 Å². The molecule has 1 aliphatic heterocycles. The fourth-order valence-corrected chi connectivity index (χ4v) is 1.16. The number of piperazine rings is 1. The van der Waals surface area contributed by atoms with E-state index in [2.05, 4.69) is 23.2 Å². The fraction of sp³-hybridized carbons (Fsp3) is 0.857. The van der Waals surface area contributed by atoms with Gasteiger partial charge in [-0.2, -0.15) is 5.26 Å². The van der Waals surface area contributed by atoms with Crippen LogP contribution in [0.5, 0.6) is 0 Å². The molecular weight excluding hydrogens is 126 g/mol. The van der Waals surface area contributed by atoms with Crippen LogP contribution in [-0.2, 0) is 0 Å². The van der Waals surface area contributed by atoms with Crippen molar-refractivity contribution in [2.75, 3.05) is 20.1 Å². The van der Waals surface area contributed by atoms with E-state index in [0.29, 0.717) is 6.04 Å². The predicted octanol–water partition coefficient (Wildman–Crippen LogP) is -0.198. The first-order valence-corrected chi connectivity index (χ1v) is 3.58. The van der Waals surface area contributed by atoms with Crippen LogP contribution in [0.1, 0.15) is 6.92 Å². The lowest BCUT2D eigenvalue weighted by atomic mass is 10.1.